The van der Waals surface area contributed by atoms with Gasteiger partial charge in [-0.2, -0.15) is 5.10 Å². The van der Waals surface area contributed by atoms with Crippen LogP contribution in [-0.4, -0.2) is 32.7 Å². The average molecular weight is 421 g/mol. The number of benzene rings is 1. The van der Waals surface area contributed by atoms with E-state index in [1.807, 2.05) is 26.8 Å². The number of aromatic nitrogens is 3. The summed E-state index contributed by atoms with van der Waals surface area (Å²) in [5.41, 5.74) is 2.37. The number of carbonyl (C=O) groups excluding carboxylic acids is 2. The fourth-order valence-electron chi connectivity index (χ4n) is 4.08. The smallest absolute Gasteiger partial charge is 0.359 e. The third-order valence-corrected chi connectivity index (χ3v) is 5.82. The highest BCUT2D eigenvalue weighted by Crippen LogP contribution is 2.38. The summed E-state index contributed by atoms with van der Waals surface area (Å²) < 4.78 is 8.86. The molecule has 1 fully saturated rings. The summed E-state index contributed by atoms with van der Waals surface area (Å²) in [6, 6.07) is 9.19. The lowest BCUT2D eigenvalue weighted by Crippen LogP contribution is -2.27. The molecule has 0 aliphatic heterocycles. The highest BCUT2D eigenvalue weighted by Gasteiger charge is 2.28. The predicted molar refractivity (Wildman–Crippen MR) is 118 cm³/mol. The Hall–Kier alpha value is -3.22. The number of unbranched alkanes of at least 4 members (excludes halogenated alkanes) is 1. The third-order valence-electron chi connectivity index (χ3n) is 5.82. The zero-order valence-electron chi connectivity index (χ0n) is 18.2. The van der Waals surface area contributed by atoms with Crippen molar-refractivity contribution in [2.75, 3.05) is 6.61 Å². The van der Waals surface area contributed by atoms with E-state index in [-0.39, 0.29) is 23.6 Å². The van der Waals surface area contributed by atoms with Gasteiger partial charge in [-0.1, -0.05) is 31.5 Å². The Balaban J connectivity index is 1.57. The Kier molecular flexibility index (Phi) is 5.76. The van der Waals surface area contributed by atoms with E-state index in [1.54, 1.807) is 24.3 Å². The number of nitrogens with zero attached hydrogens (tertiary/aromatic N) is 3. The summed E-state index contributed by atoms with van der Waals surface area (Å²) >= 11 is 0. The van der Waals surface area contributed by atoms with Gasteiger partial charge in [-0.15, -0.1) is 0 Å². The van der Waals surface area contributed by atoms with Crippen molar-refractivity contribution >= 4 is 22.5 Å². The maximum atomic E-state index is 12.8. The molecule has 3 aromatic rings. The summed E-state index contributed by atoms with van der Waals surface area (Å²) in [6.07, 6.45) is 3.93. The van der Waals surface area contributed by atoms with E-state index in [0.717, 1.165) is 37.1 Å². The SMILES string of the molecule is CCCCn1nc(C(=O)OCC(=O)c2cc(C)n(C3CC3)c2C)c2ccccc2c1=O. The van der Waals surface area contributed by atoms with Crippen LogP contribution in [0.4, 0.5) is 0 Å². The van der Waals surface area contributed by atoms with Gasteiger partial charge in [0.1, 0.15) is 0 Å². The quantitative estimate of drug-likeness (QED) is 0.406. The van der Waals surface area contributed by atoms with E-state index in [9.17, 15) is 14.4 Å². The summed E-state index contributed by atoms with van der Waals surface area (Å²) in [4.78, 5) is 38.3. The van der Waals surface area contributed by atoms with Crippen LogP contribution in [0.1, 0.15) is 70.9 Å². The fourth-order valence-corrected chi connectivity index (χ4v) is 4.08. The average Bonchev–Trinajstić information content (AvgIpc) is 3.55. The summed E-state index contributed by atoms with van der Waals surface area (Å²) in [5, 5.41) is 5.12. The molecule has 162 valence electrons. The molecule has 0 unspecified atom stereocenters. The van der Waals surface area contributed by atoms with Crippen molar-refractivity contribution < 1.29 is 14.3 Å². The van der Waals surface area contributed by atoms with Gasteiger partial charge in [0.05, 0.1) is 5.39 Å². The van der Waals surface area contributed by atoms with Crippen molar-refractivity contribution in [3.8, 4) is 0 Å². The molecule has 0 saturated heterocycles. The Labute approximate surface area is 180 Å². The van der Waals surface area contributed by atoms with Gasteiger partial charge in [0.15, 0.2) is 12.3 Å². The molecule has 0 radical (unpaired) electrons. The van der Waals surface area contributed by atoms with Crippen LogP contribution in [0.5, 0.6) is 0 Å². The summed E-state index contributed by atoms with van der Waals surface area (Å²) in [7, 11) is 0. The van der Waals surface area contributed by atoms with Crippen molar-refractivity contribution in [2.24, 2.45) is 0 Å². The molecule has 0 amide bonds. The minimum Gasteiger partial charge on any atom is -0.452 e. The molecule has 31 heavy (non-hydrogen) atoms. The second-order valence-corrected chi connectivity index (χ2v) is 8.16. The van der Waals surface area contributed by atoms with Gasteiger partial charge < -0.3 is 9.30 Å². The number of aryl methyl sites for hydroxylation is 2. The Morgan fingerprint density at radius 3 is 2.55 bits per heavy atom. The van der Waals surface area contributed by atoms with Gasteiger partial charge in [-0.05, 0) is 45.2 Å². The molecule has 7 heteroatoms. The molecule has 1 saturated carbocycles. The number of fused-ring (bicyclic) bond motifs is 1. The molecule has 1 aliphatic rings. The number of hydrogen-bond donors (Lipinski definition) is 0. The predicted octanol–water partition coefficient (Wildman–Crippen LogP) is 3.99. The molecule has 4 rings (SSSR count). The van der Waals surface area contributed by atoms with Crippen molar-refractivity contribution in [3.63, 3.8) is 0 Å². The summed E-state index contributed by atoms with van der Waals surface area (Å²) in [6.45, 7) is 6.00. The molecule has 2 heterocycles. The van der Waals surface area contributed by atoms with E-state index >= 15 is 0 Å². The largest absolute Gasteiger partial charge is 0.452 e. The van der Waals surface area contributed by atoms with E-state index < -0.39 is 5.97 Å². The minimum atomic E-state index is -0.703. The van der Waals surface area contributed by atoms with Crippen LogP contribution in [0.15, 0.2) is 35.1 Å². The fraction of sp³-hybridized carbons (Fsp3) is 0.417. The zero-order chi connectivity index (χ0) is 22.1. The first-order valence-electron chi connectivity index (χ1n) is 10.8. The van der Waals surface area contributed by atoms with Crippen molar-refractivity contribution in [2.45, 2.75) is 59.0 Å². The van der Waals surface area contributed by atoms with Crippen LogP contribution in [0.3, 0.4) is 0 Å². The lowest BCUT2D eigenvalue weighted by atomic mass is 10.1. The number of ether oxygens (including phenoxy) is 1. The number of carbonyl (C=O) groups is 2. The highest BCUT2D eigenvalue weighted by atomic mass is 16.5. The summed E-state index contributed by atoms with van der Waals surface area (Å²) in [5.74, 6) is -0.942. The number of rotatable bonds is 8. The normalized spacial score (nSPS) is 13.5. The Morgan fingerprint density at radius 2 is 1.87 bits per heavy atom. The second kappa shape index (κ2) is 8.49. The Morgan fingerprint density at radius 1 is 1.16 bits per heavy atom. The number of esters is 1. The molecule has 1 aromatic carbocycles. The van der Waals surface area contributed by atoms with Gasteiger partial charge >= 0.3 is 5.97 Å². The van der Waals surface area contributed by atoms with Crippen LogP contribution in [-0.2, 0) is 11.3 Å². The van der Waals surface area contributed by atoms with E-state index in [0.29, 0.717) is 28.9 Å². The third kappa shape index (κ3) is 4.04. The standard InChI is InChI=1S/C24H27N3O4/c1-4-5-12-26-23(29)19-9-7-6-8-18(19)22(25-26)24(30)31-14-21(28)20-13-15(2)27(16(20)3)17-10-11-17/h6-9,13,17H,4-5,10-12,14H2,1-3H3. The van der Waals surface area contributed by atoms with Gasteiger partial charge in [0, 0.05) is 34.9 Å². The van der Waals surface area contributed by atoms with Crippen LogP contribution >= 0.6 is 0 Å². The molecule has 1 aliphatic carbocycles. The van der Waals surface area contributed by atoms with Crippen LogP contribution < -0.4 is 5.56 Å². The molecule has 7 nitrogen and oxygen atoms in total. The first-order valence-corrected chi connectivity index (χ1v) is 10.8. The molecular weight excluding hydrogens is 394 g/mol. The van der Waals surface area contributed by atoms with E-state index in [1.165, 1.54) is 4.68 Å². The van der Waals surface area contributed by atoms with Crippen molar-refractivity contribution in [3.05, 3.63) is 63.3 Å². The monoisotopic (exact) mass is 421 g/mol. The zero-order valence-corrected chi connectivity index (χ0v) is 18.2. The number of ketones is 1. The molecule has 0 N–H and O–H groups in total. The lowest BCUT2D eigenvalue weighted by molar-refractivity contribution is 0.0468. The van der Waals surface area contributed by atoms with Gasteiger partial charge in [-0.3, -0.25) is 9.59 Å². The van der Waals surface area contributed by atoms with Crippen LogP contribution in [0.25, 0.3) is 10.8 Å². The number of hydrogen-bond acceptors (Lipinski definition) is 5. The van der Waals surface area contributed by atoms with Crippen LogP contribution in [0, 0.1) is 13.8 Å². The van der Waals surface area contributed by atoms with Gasteiger partial charge in [0.2, 0.25) is 5.78 Å². The highest BCUT2D eigenvalue weighted by molar-refractivity contribution is 6.04. The maximum Gasteiger partial charge on any atom is 0.359 e. The maximum absolute atomic E-state index is 12.8. The molecule has 0 spiro atoms. The van der Waals surface area contributed by atoms with E-state index in [4.69, 9.17) is 4.74 Å². The molecule has 2 aromatic heterocycles. The van der Waals surface area contributed by atoms with Gasteiger partial charge in [-0.25, -0.2) is 9.48 Å². The molecule has 0 atom stereocenters. The first-order chi connectivity index (χ1) is 14.9. The minimum absolute atomic E-state index is 0.0579. The number of Topliss-reactive ketones (excluding diaryl/α,β-unsaturated/α-hetero) is 1. The topological polar surface area (TPSA) is 83.2 Å². The van der Waals surface area contributed by atoms with Crippen molar-refractivity contribution in [1.29, 1.82) is 0 Å². The van der Waals surface area contributed by atoms with Crippen molar-refractivity contribution in [1.82, 2.24) is 14.3 Å². The van der Waals surface area contributed by atoms with E-state index in [2.05, 4.69) is 9.67 Å². The Bertz CT molecular complexity index is 1220. The molecular formula is C24H27N3O4. The second-order valence-electron chi connectivity index (χ2n) is 8.16. The van der Waals surface area contributed by atoms with Gasteiger partial charge in [0.25, 0.3) is 5.56 Å². The first kappa shape index (κ1) is 21.0. The molecule has 0 bridgehead atoms. The van der Waals surface area contributed by atoms with Crippen LogP contribution in [0.2, 0.25) is 0 Å². The lowest BCUT2D eigenvalue weighted by Gasteiger charge is -2.11.